The highest BCUT2D eigenvalue weighted by Gasteiger charge is 2.28. The Bertz CT molecular complexity index is 244. The van der Waals surface area contributed by atoms with Crippen LogP contribution in [0.5, 0.6) is 0 Å². The van der Waals surface area contributed by atoms with Crippen molar-refractivity contribution in [2.75, 3.05) is 37.7 Å². The van der Waals surface area contributed by atoms with Crippen molar-refractivity contribution in [3.05, 3.63) is 0 Å². The second-order valence-corrected chi connectivity index (χ2v) is 6.01. The molecule has 2 heterocycles. The van der Waals surface area contributed by atoms with E-state index < -0.39 is 9.73 Å². The minimum absolute atomic E-state index is 0.573. The van der Waals surface area contributed by atoms with Crippen molar-refractivity contribution in [3.63, 3.8) is 0 Å². The summed E-state index contributed by atoms with van der Waals surface area (Å²) in [7, 11) is -2.20. The fourth-order valence-corrected chi connectivity index (χ4v) is 2.90. The van der Waals surface area contributed by atoms with Gasteiger partial charge in [0.2, 0.25) is 0 Å². The number of nitrogens with zero attached hydrogens (tertiary/aromatic N) is 1. The van der Waals surface area contributed by atoms with Crippen molar-refractivity contribution in [1.29, 1.82) is 4.78 Å². The second kappa shape index (κ2) is 2.97. The van der Waals surface area contributed by atoms with E-state index in [1.165, 1.54) is 0 Å². The van der Waals surface area contributed by atoms with Crippen molar-refractivity contribution in [3.8, 4) is 0 Å². The summed E-state index contributed by atoms with van der Waals surface area (Å²) in [6.07, 6.45) is 0. The first kappa shape index (κ1) is 8.47. The van der Waals surface area contributed by atoms with Gasteiger partial charge in [0.15, 0.2) is 0 Å². The minimum atomic E-state index is -2.20. The molecule has 0 aliphatic carbocycles. The predicted octanol–water partition coefficient (Wildman–Crippen LogP) is -0.679. The van der Waals surface area contributed by atoms with Gasteiger partial charge in [0.1, 0.15) is 0 Å². The van der Waals surface area contributed by atoms with Gasteiger partial charge in [0.25, 0.3) is 0 Å². The summed E-state index contributed by atoms with van der Waals surface area (Å²) in [4.78, 5) is 2.36. The van der Waals surface area contributed by atoms with Crippen LogP contribution >= 0.6 is 0 Å². The lowest BCUT2D eigenvalue weighted by Gasteiger charge is -2.40. The maximum absolute atomic E-state index is 11.3. The van der Waals surface area contributed by atoms with E-state index in [1.807, 2.05) is 0 Å². The molecule has 0 unspecified atom stereocenters. The molecule has 2 saturated heterocycles. The average molecular weight is 189 g/mol. The van der Waals surface area contributed by atoms with Crippen molar-refractivity contribution in [2.45, 2.75) is 6.04 Å². The Morgan fingerprint density at radius 2 is 1.92 bits per heavy atom. The molecule has 2 aliphatic rings. The van der Waals surface area contributed by atoms with Crippen molar-refractivity contribution >= 4 is 9.73 Å². The first-order chi connectivity index (χ1) is 5.67. The lowest BCUT2D eigenvalue weighted by molar-refractivity contribution is 0.158. The predicted molar refractivity (Wildman–Crippen MR) is 48.8 cm³/mol. The summed E-state index contributed by atoms with van der Waals surface area (Å²) < 4.78 is 18.7. The Labute approximate surface area is 73.3 Å². The molecule has 0 spiro atoms. The van der Waals surface area contributed by atoms with E-state index in [4.69, 9.17) is 4.78 Å². The molecule has 0 aromatic carbocycles. The Morgan fingerprint density at radius 3 is 2.33 bits per heavy atom. The van der Waals surface area contributed by atoms with Crippen LogP contribution in [0.4, 0.5) is 0 Å². The van der Waals surface area contributed by atoms with Crippen LogP contribution in [0.3, 0.4) is 0 Å². The van der Waals surface area contributed by atoms with Gasteiger partial charge in [-0.15, -0.1) is 0 Å². The second-order valence-electron chi connectivity index (χ2n) is 3.57. The molecule has 4 nitrogen and oxygen atoms in total. The normalized spacial score (nSPS) is 31.3. The van der Waals surface area contributed by atoms with Gasteiger partial charge < -0.3 is 5.32 Å². The Kier molecular flexibility index (Phi) is 2.10. The summed E-state index contributed by atoms with van der Waals surface area (Å²) in [5.74, 6) is 1.15. The smallest absolute Gasteiger partial charge is 0.0466 e. The molecule has 12 heavy (non-hydrogen) atoms. The molecule has 0 bridgehead atoms. The number of nitrogens with one attached hydrogen (secondary N) is 2. The van der Waals surface area contributed by atoms with E-state index in [2.05, 4.69) is 10.2 Å². The third kappa shape index (κ3) is 1.62. The van der Waals surface area contributed by atoms with Gasteiger partial charge in [-0.1, -0.05) is 0 Å². The van der Waals surface area contributed by atoms with Crippen molar-refractivity contribution in [2.24, 2.45) is 0 Å². The van der Waals surface area contributed by atoms with Gasteiger partial charge in [-0.2, -0.15) is 0 Å². The fourth-order valence-electron chi connectivity index (χ4n) is 1.64. The molecule has 2 N–H and O–H groups in total. The standard InChI is InChI=1S/C7H15N3OS/c8-12(11)3-1-10(2-4-12)7-5-9-6-7/h7-9H,1-6H2. The Morgan fingerprint density at radius 1 is 1.33 bits per heavy atom. The van der Waals surface area contributed by atoms with Gasteiger partial charge in [-0.05, 0) is 0 Å². The molecular weight excluding hydrogens is 174 g/mol. The van der Waals surface area contributed by atoms with Crippen LogP contribution in [0.2, 0.25) is 0 Å². The number of hydrogen-bond donors (Lipinski definition) is 2. The average Bonchev–Trinajstić information content (AvgIpc) is 1.89. The van der Waals surface area contributed by atoms with Crippen LogP contribution in [-0.4, -0.2) is 52.8 Å². The summed E-state index contributed by atoms with van der Waals surface area (Å²) in [6, 6.07) is 0.653. The topological polar surface area (TPSA) is 56.2 Å². The SMILES string of the molecule is N=S1(=O)CCN(C2CNC2)CC1. The largest absolute Gasteiger partial charge is 0.314 e. The van der Waals surface area contributed by atoms with Crippen LogP contribution in [0.1, 0.15) is 0 Å². The number of rotatable bonds is 1. The number of hydrogen-bond acceptors (Lipinski definition) is 4. The van der Waals surface area contributed by atoms with E-state index in [9.17, 15) is 4.21 Å². The van der Waals surface area contributed by atoms with Gasteiger partial charge in [-0.25, -0.2) is 4.21 Å². The van der Waals surface area contributed by atoms with E-state index in [1.54, 1.807) is 0 Å². The first-order valence-electron chi connectivity index (χ1n) is 4.36. The molecule has 0 radical (unpaired) electrons. The van der Waals surface area contributed by atoms with E-state index in [0.717, 1.165) is 26.2 Å². The van der Waals surface area contributed by atoms with Crippen LogP contribution in [-0.2, 0) is 9.73 Å². The van der Waals surface area contributed by atoms with Gasteiger partial charge in [0, 0.05) is 53.5 Å². The van der Waals surface area contributed by atoms with E-state index >= 15 is 0 Å². The molecular formula is C7H15N3OS. The highest BCUT2D eigenvalue weighted by atomic mass is 32.2. The lowest BCUT2D eigenvalue weighted by atomic mass is 10.1. The minimum Gasteiger partial charge on any atom is -0.314 e. The molecule has 0 aromatic rings. The maximum Gasteiger partial charge on any atom is 0.0466 e. The zero-order valence-electron chi connectivity index (χ0n) is 7.08. The molecule has 2 aliphatic heterocycles. The third-order valence-electron chi connectivity index (χ3n) is 2.69. The van der Waals surface area contributed by atoms with E-state index in [-0.39, 0.29) is 0 Å². The molecule has 2 fully saturated rings. The quantitative estimate of drug-likeness (QED) is 0.574. The van der Waals surface area contributed by atoms with Crippen LogP contribution in [0, 0.1) is 4.78 Å². The highest BCUT2D eigenvalue weighted by Crippen LogP contribution is 2.10. The molecule has 5 heteroatoms. The van der Waals surface area contributed by atoms with E-state index in [0.29, 0.717) is 17.5 Å². The fraction of sp³-hybridized carbons (Fsp3) is 1.00. The van der Waals surface area contributed by atoms with Gasteiger partial charge >= 0.3 is 0 Å². The monoisotopic (exact) mass is 189 g/mol. The zero-order valence-corrected chi connectivity index (χ0v) is 7.90. The Balaban J connectivity index is 1.89. The summed E-state index contributed by atoms with van der Waals surface area (Å²) in [5.41, 5.74) is 0. The van der Waals surface area contributed by atoms with Crippen molar-refractivity contribution < 1.29 is 4.21 Å². The van der Waals surface area contributed by atoms with Gasteiger partial charge in [0.05, 0.1) is 0 Å². The molecule has 0 atom stereocenters. The summed E-state index contributed by atoms with van der Waals surface area (Å²) in [5, 5.41) is 3.22. The van der Waals surface area contributed by atoms with Crippen LogP contribution in [0.25, 0.3) is 0 Å². The maximum atomic E-state index is 11.3. The Hall–Kier alpha value is -0.130. The highest BCUT2D eigenvalue weighted by molar-refractivity contribution is 7.92. The molecule has 0 amide bonds. The van der Waals surface area contributed by atoms with Gasteiger partial charge in [-0.3, -0.25) is 9.68 Å². The summed E-state index contributed by atoms with van der Waals surface area (Å²) in [6.45, 7) is 3.85. The molecule has 2 rings (SSSR count). The molecule has 70 valence electrons. The lowest BCUT2D eigenvalue weighted by Crippen LogP contribution is -2.60. The summed E-state index contributed by atoms with van der Waals surface area (Å²) >= 11 is 0. The zero-order chi connectivity index (χ0) is 8.60. The first-order valence-corrected chi connectivity index (χ1v) is 6.26. The third-order valence-corrected chi connectivity index (χ3v) is 4.38. The molecule has 0 aromatic heterocycles. The molecule has 0 saturated carbocycles. The van der Waals surface area contributed by atoms with Crippen LogP contribution < -0.4 is 5.32 Å². The van der Waals surface area contributed by atoms with Crippen molar-refractivity contribution in [1.82, 2.24) is 10.2 Å². The van der Waals surface area contributed by atoms with Crippen LogP contribution in [0.15, 0.2) is 0 Å².